The van der Waals surface area contributed by atoms with Crippen LogP contribution in [0.5, 0.6) is 0 Å². The van der Waals surface area contributed by atoms with Crippen molar-refractivity contribution in [2.24, 2.45) is 11.8 Å². The summed E-state index contributed by atoms with van der Waals surface area (Å²) in [5.74, 6) is 0.730. The number of rotatable bonds is 2. The van der Waals surface area contributed by atoms with Crippen molar-refractivity contribution in [1.82, 2.24) is 24.4 Å². The lowest BCUT2D eigenvalue weighted by molar-refractivity contribution is 0.183. The summed E-state index contributed by atoms with van der Waals surface area (Å²) in [6.45, 7) is 4.48. The molecule has 0 aliphatic heterocycles. The van der Waals surface area contributed by atoms with Gasteiger partial charge in [-0.25, -0.2) is 8.91 Å². The van der Waals surface area contributed by atoms with E-state index in [1.807, 2.05) is 16.8 Å². The third-order valence-electron chi connectivity index (χ3n) is 6.47. The lowest BCUT2D eigenvalue weighted by atomic mass is 9.78. The zero-order chi connectivity index (χ0) is 20.1. The van der Waals surface area contributed by atoms with Crippen molar-refractivity contribution in [3.8, 4) is 11.1 Å². The molecule has 0 N–H and O–H groups in total. The molecule has 0 spiro atoms. The summed E-state index contributed by atoms with van der Waals surface area (Å²) in [6.07, 6.45) is 6.88. The fraction of sp³-hybridized carbons (Fsp3) is 0.364. The number of hydrogen-bond donors (Lipinski definition) is 0. The first-order chi connectivity index (χ1) is 14.0. The molecule has 3 aromatic heterocycles. The number of hydrogen-bond acceptors (Lipinski definition) is 4. The van der Waals surface area contributed by atoms with Crippen LogP contribution in [0.15, 0.2) is 47.5 Å². The first-order valence-electron chi connectivity index (χ1n) is 10.1. The van der Waals surface area contributed by atoms with Crippen molar-refractivity contribution < 1.29 is 4.39 Å². The molecule has 5 rings (SSSR count). The number of pyridine rings is 1. The van der Waals surface area contributed by atoms with Crippen molar-refractivity contribution in [2.75, 3.05) is 0 Å². The maximum atomic E-state index is 13.3. The number of nitrogens with zero attached hydrogens (tertiary/aromatic N) is 5. The van der Waals surface area contributed by atoms with Gasteiger partial charge in [-0.1, -0.05) is 38.8 Å². The molecule has 3 unspecified atom stereocenters. The number of aromatic nitrogens is 5. The molecule has 1 aliphatic rings. The van der Waals surface area contributed by atoms with Crippen LogP contribution in [0.1, 0.15) is 39.2 Å². The van der Waals surface area contributed by atoms with Crippen LogP contribution in [0.25, 0.3) is 27.8 Å². The average Bonchev–Trinajstić information content (AvgIpc) is 3.16. The van der Waals surface area contributed by atoms with E-state index in [-0.39, 0.29) is 17.4 Å². The summed E-state index contributed by atoms with van der Waals surface area (Å²) < 4.78 is 16.7. The van der Waals surface area contributed by atoms with Crippen molar-refractivity contribution >= 4 is 16.7 Å². The summed E-state index contributed by atoms with van der Waals surface area (Å²) in [5, 5.41) is 13.0. The minimum absolute atomic E-state index is 0.123. The SMILES string of the molecule is CC1CCCC(n2ccc3c(nnc4c(-c5ccc(F)cc5)cnn43)c2=O)C1C. The highest BCUT2D eigenvalue weighted by Gasteiger charge is 2.29. The van der Waals surface area contributed by atoms with Crippen LogP contribution in [0, 0.1) is 17.7 Å². The van der Waals surface area contributed by atoms with Gasteiger partial charge < -0.3 is 4.57 Å². The second kappa shape index (κ2) is 6.76. The molecular weight excluding hydrogens is 369 g/mol. The van der Waals surface area contributed by atoms with E-state index in [1.54, 1.807) is 22.8 Å². The van der Waals surface area contributed by atoms with Gasteiger partial charge in [0.2, 0.25) is 0 Å². The highest BCUT2D eigenvalue weighted by Crippen LogP contribution is 2.37. The quantitative estimate of drug-likeness (QED) is 0.513. The summed E-state index contributed by atoms with van der Waals surface area (Å²) in [5.41, 5.74) is 2.91. The smallest absolute Gasteiger partial charge is 0.280 e. The van der Waals surface area contributed by atoms with Crippen LogP contribution in [-0.2, 0) is 0 Å². The highest BCUT2D eigenvalue weighted by atomic mass is 19.1. The number of benzene rings is 1. The van der Waals surface area contributed by atoms with Crippen molar-refractivity contribution in [2.45, 2.75) is 39.2 Å². The van der Waals surface area contributed by atoms with Crippen LogP contribution < -0.4 is 5.56 Å². The molecule has 1 aromatic carbocycles. The van der Waals surface area contributed by atoms with E-state index < -0.39 is 0 Å². The summed E-state index contributed by atoms with van der Waals surface area (Å²) >= 11 is 0. The number of halogens is 1. The van der Waals surface area contributed by atoms with Crippen LogP contribution in [0.3, 0.4) is 0 Å². The zero-order valence-electron chi connectivity index (χ0n) is 16.4. The molecule has 0 saturated heterocycles. The van der Waals surface area contributed by atoms with Gasteiger partial charge >= 0.3 is 0 Å². The second-order valence-corrected chi connectivity index (χ2v) is 8.10. The van der Waals surface area contributed by atoms with E-state index in [9.17, 15) is 9.18 Å². The molecule has 0 bridgehead atoms. The van der Waals surface area contributed by atoms with E-state index in [2.05, 4.69) is 29.1 Å². The molecule has 1 fully saturated rings. The van der Waals surface area contributed by atoms with Gasteiger partial charge in [0.25, 0.3) is 5.56 Å². The van der Waals surface area contributed by atoms with E-state index >= 15 is 0 Å². The first-order valence-corrected chi connectivity index (χ1v) is 10.1. The van der Waals surface area contributed by atoms with Gasteiger partial charge in [-0.05, 0) is 42.0 Å². The minimum Gasteiger partial charge on any atom is -0.310 e. The van der Waals surface area contributed by atoms with E-state index in [0.717, 1.165) is 24.0 Å². The fourth-order valence-corrected chi connectivity index (χ4v) is 4.55. The Bertz CT molecular complexity index is 1260. The maximum Gasteiger partial charge on any atom is 0.280 e. The lowest BCUT2D eigenvalue weighted by Crippen LogP contribution is -2.34. The molecule has 0 amide bonds. The molecule has 148 valence electrons. The Morgan fingerprint density at radius 3 is 2.66 bits per heavy atom. The Morgan fingerprint density at radius 2 is 1.86 bits per heavy atom. The van der Waals surface area contributed by atoms with Gasteiger partial charge in [0.05, 0.1) is 6.20 Å². The standard InChI is InChI=1S/C22H22FN5O/c1-13-4-3-5-18(14(13)2)27-11-10-19-20(22(27)29)25-26-21-17(12-24-28(19)21)15-6-8-16(23)9-7-15/h6-14,18H,3-5H2,1-2H3. The molecule has 4 aromatic rings. The van der Waals surface area contributed by atoms with Crippen LogP contribution in [0.2, 0.25) is 0 Å². The minimum atomic E-state index is -0.298. The van der Waals surface area contributed by atoms with Crippen LogP contribution in [-0.4, -0.2) is 24.4 Å². The van der Waals surface area contributed by atoms with Gasteiger partial charge in [0, 0.05) is 17.8 Å². The topological polar surface area (TPSA) is 65.1 Å². The lowest BCUT2D eigenvalue weighted by Gasteiger charge is -2.35. The molecule has 1 aliphatic carbocycles. The first kappa shape index (κ1) is 18.0. The molecule has 29 heavy (non-hydrogen) atoms. The van der Waals surface area contributed by atoms with Crippen molar-refractivity contribution in [3.63, 3.8) is 0 Å². The largest absolute Gasteiger partial charge is 0.310 e. The Morgan fingerprint density at radius 1 is 1.07 bits per heavy atom. The third-order valence-corrected chi connectivity index (χ3v) is 6.47. The van der Waals surface area contributed by atoms with Crippen molar-refractivity contribution in [3.05, 3.63) is 58.9 Å². The summed E-state index contributed by atoms with van der Waals surface area (Å²) in [6, 6.07) is 8.24. The Kier molecular flexibility index (Phi) is 4.19. The third kappa shape index (κ3) is 2.84. The molecular formula is C22H22FN5O. The van der Waals surface area contributed by atoms with E-state index in [0.29, 0.717) is 28.5 Å². The van der Waals surface area contributed by atoms with Crippen molar-refractivity contribution in [1.29, 1.82) is 0 Å². The normalized spacial score (nSPS) is 22.4. The fourth-order valence-electron chi connectivity index (χ4n) is 4.55. The average molecular weight is 391 g/mol. The summed E-state index contributed by atoms with van der Waals surface area (Å²) in [7, 11) is 0. The van der Waals surface area contributed by atoms with Crippen LogP contribution >= 0.6 is 0 Å². The highest BCUT2D eigenvalue weighted by molar-refractivity contribution is 5.82. The maximum absolute atomic E-state index is 13.3. The Balaban J connectivity index is 1.65. The van der Waals surface area contributed by atoms with Gasteiger partial charge in [0.15, 0.2) is 11.2 Å². The van der Waals surface area contributed by atoms with E-state index in [4.69, 9.17) is 0 Å². The monoisotopic (exact) mass is 391 g/mol. The molecule has 1 saturated carbocycles. The van der Waals surface area contributed by atoms with Gasteiger partial charge in [-0.15, -0.1) is 10.2 Å². The molecule has 0 radical (unpaired) electrons. The predicted octanol–water partition coefficient (Wildman–Crippen LogP) is 4.24. The zero-order valence-corrected chi connectivity index (χ0v) is 16.4. The van der Waals surface area contributed by atoms with Gasteiger partial charge in [-0.2, -0.15) is 5.10 Å². The molecule has 7 heteroatoms. The Hall–Kier alpha value is -3.09. The van der Waals surface area contributed by atoms with E-state index in [1.165, 1.54) is 18.6 Å². The van der Waals surface area contributed by atoms with Gasteiger partial charge in [0.1, 0.15) is 11.3 Å². The summed E-state index contributed by atoms with van der Waals surface area (Å²) in [4.78, 5) is 13.2. The molecule has 3 atom stereocenters. The predicted molar refractivity (Wildman–Crippen MR) is 109 cm³/mol. The Labute approximate surface area is 167 Å². The molecule has 3 heterocycles. The van der Waals surface area contributed by atoms with Crippen LogP contribution in [0.4, 0.5) is 4.39 Å². The second-order valence-electron chi connectivity index (χ2n) is 8.10. The van der Waals surface area contributed by atoms with Gasteiger partial charge in [-0.3, -0.25) is 4.79 Å². The molecule has 6 nitrogen and oxygen atoms in total. The number of fused-ring (bicyclic) bond motifs is 3.